The van der Waals surface area contributed by atoms with E-state index in [9.17, 15) is 4.79 Å². The third kappa shape index (κ3) is 5.91. The van der Waals surface area contributed by atoms with Gasteiger partial charge in [-0.2, -0.15) is 0 Å². The first kappa shape index (κ1) is 16.2. The molecule has 102 valence electrons. The monoisotopic (exact) mass is 244 g/mol. The summed E-state index contributed by atoms with van der Waals surface area (Å²) in [5, 5.41) is 2.83. The lowest BCUT2D eigenvalue weighted by Crippen LogP contribution is -2.61. The zero-order valence-corrected chi connectivity index (χ0v) is 12.5. The Labute approximate surface area is 105 Å². The minimum Gasteiger partial charge on any atom is -0.444 e. The largest absolute Gasteiger partial charge is 0.444 e. The van der Waals surface area contributed by atoms with Crippen molar-refractivity contribution in [2.75, 3.05) is 0 Å². The first-order valence-corrected chi connectivity index (χ1v) is 6.02. The fraction of sp³-hybridized carbons (Fsp3) is 0.923. The first-order valence-electron chi connectivity index (χ1n) is 6.02. The number of nitrogens with two attached hydrogens (primary N) is 1. The molecule has 0 radical (unpaired) electrons. The normalized spacial score (nSPS) is 15.4. The van der Waals surface area contributed by atoms with Crippen LogP contribution in [0.25, 0.3) is 0 Å². The molecule has 0 saturated heterocycles. The molecular formula is C13H28N2O2. The average molecular weight is 244 g/mol. The van der Waals surface area contributed by atoms with Crippen LogP contribution in [-0.2, 0) is 4.74 Å². The molecule has 1 unspecified atom stereocenters. The highest BCUT2D eigenvalue weighted by molar-refractivity contribution is 5.68. The van der Waals surface area contributed by atoms with Crippen LogP contribution >= 0.6 is 0 Å². The number of carbonyl (C=O) groups excluding carboxylic acids is 1. The van der Waals surface area contributed by atoms with Gasteiger partial charge >= 0.3 is 6.09 Å². The molecule has 4 nitrogen and oxygen atoms in total. The van der Waals surface area contributed by atoms with Crippen molar-refractivity contribution < 1.29 is 9.53 Å². The molecule has 0 aliphatic carbocycles. The first-order chi connectivity index (χ1) is 7.26. The van der Waals surface area contributed by atoms with Crippen molar-refractivity contribution in [3.05, 3.63) is 0 Å². The second kappa shape index (κ2) is 4.84. The molecule has 3 N–H and O–H groups in total. The van der Waals surface area contributed by atoms with Crippen LogP contribution < -0.4 is 11.1 Å². The number of nitrogens with one attached hydrogen (secondary N) is 1. The van der Waals surface area contributed by atoms with Gasteiger partial charge in [-0.05, 0) is 40.0 Å². The Hall–Kier alpha value is -0.770. The number of ether oxygens (including phenoxy) is 1. The van der Waals surface area contributed by atoms with Crippen LogP contribution in [0, 0.1) is 5.41 Å². The Morgan fingerprint density at radius 3 is 1.76 bits per heavy atom. The van der Waals surface area contributed by atoms with Gasteiger partial charge in [-0.3, -0.25) is 0 Å². The number of hydrogen-bond donors (Lipinski definition) is 2. The van der Waals surface area contributed by atoms with Crippen molar-refractivity contribution in [1.82, 2.24) is 5.32 Å². The van der Waals surface area contributed by atoms with Gasteiger partial charge in [0.2, 0.25) is 0 Å². The molecule has 0 bridgehead atoms. The summed E-state index contributed by atoms with van der Waals surface area (Å²) in [7, 11) is 0. The number of carbonyl (C=O) groups is 1. The van der Waals surface area contributed by atoms with Crippen LogP contribution in [-0.4, -0.2) is 23.3 Å². The fourth-order valence-corrected chi connectivity index (χ4v) is 1.73. The molecule has 0 heterocycles. The Kier molecular flexibility index (Phi) is 4.63. The van der Waals surface area contributed by atoms with Crippen LogP contribution in [0.3, 0.4) is 0 Å². The highest BCUT2D eigenvalue weighted by Gasteiger charge is 2.37. The Balaban J connectivity index is 4.61. The van der Waals surface area contributed by atoms with Crippen molar-refractivity contribution in [1.29, 1.82) is 0 Å². The second-order valence-corrected chi connectivity index (χ2v) is 7.19. The SMILES string of the molecule is CC(C)(C)OC(=O)NC(C)(C)C(N)C(C)(C)C. The minimum absolute atomic E-state index is 0.0848. The van der Waals surface area contributed by atoms with E-state index in [0.29, 0.717) is 0 Å². The quantitative estimate of drug-likeness (QED) is 0.785. The van der Waals surface area contributed by atoms with Crippen molar-refractivity contribution in [2.24, 2.45) is 11.1 Å². The van der Waals surface area contributed by atoms with E-state index in [-0.39, 0.29) is 11.5 Å². The molecule has 0 fully saturated rings. The van der Waals surface area contributed by atoms with Crippen LogP contribution in [0.4, 0.5) is 4.79 Å². The molecule has 1 atom stereocenters. The lowest BCUT2D eigenvalue weighted by atomic mass is 9.76. The molecule has 0 aromatic rings. The van der Waals surface area contributed by atoms with Gasteiger partial charge in [0.1, 0.15) is 5.60 Å². The molecule has 4 heteroatoms. The molecule has 0 saturated carbocycles. The van der Waals surface area contributed by atoms with Gasteiger partial charge < -0.3 is 15.8 Å². The van der Waals surface area contributed by atoms with Gasteiger partial charge in [0.05, 0.1) is 5.54 Å². The molecule has 0 spiro atoms. The summed E-state index contributed by atoms with van der Waals surface area (Å²) in [4.78, 5) is 11.7. The third-order valence-electron chi connectivity index (χ3n) is 2.53. The minimum atomic E-state index is -0.513. The lowest BCUT2D eigenvalue weighted by Gasteiger charge is -2.40. The Bertz CT molecular complexity index is 272. The molecule has 1 amide bonds. The zero-order valence-electron chi connectivity index (χ0n) is 12.5. The number of amides is 1. The zero-order chi connectivity index (χ0) is 14.1. The van der Waals surface area contributed by atoms with E-state index >= 15 is 0 Å². The van der Waals surface area contributed by atoms with Crippen molar-refractivity contribution in [3.63, 3.8) is 0 Å². The predicted molar refractivity (Wildman–Crippen MR) is 70.9 cm³/mol. The summed E-state index contributed by atoms with van der Waals surface area (Å²) >= 11 is 0. The Morgan fingerprint density at radius 2 is 1.47 bits per heavy atom. The van der Waals surface area contributed by atoms with Crippen LogP contribution in [0.2, 0.25) is 0 Å². The molecule has 0 rings (SSSR count). The van der Waals surface area contributed by atoms with E-state index in [1.807, 2.05) is 34.6 Å². The van der Waals surface area contributed by atoms with Crippen LogP contribution in [0.15, 0.2) is 0 Å². The van der Waals surface area contributed by atoms with E-state index in [0.717, 1.165) is 0 Å². The standard InChI is InChI=1S/C13H28N2O2/c1-11(2,3)9(14)13(7,8)15-10(16)17-12(4,5)6/h9H,14H2,1-8H3,(H,15,16). The Morgan fingerprint density at radius 1 is 1.06 bits per heavy atom. The summed E-state index contributed by atoms with van der Waals surface area (Å²) < 4.78 is 5.23. The van der Waals surface area contributed by atoms with Gasteiger partial charge in [0, 0.05) is 6.04 Å². The summed E-state index contributed by atoms with van der Waals surface area (Å²) in [6.45, 7) is 15.5. The highest BCUT2D eigenvalue weighted by Crippen LogP contribution is 2.26. The predicted octanol–water partition coefficient (Wildman–Crippen LogP) is 2.66. The van der Waals surface area contributed by atoms with Gasteiger partial charge in [-0.15, -0.1) is 0 Å². The average Bonchev–Trinajstić information content (AvgIpc) is 1.95. The maximum Gasteiger partial charge on any atom is 0.408 e. The van der Waals surface area contributed by atoms with Gasteiger partial charge in [-0.1, -0.05) is 20.8 Å². The van der Waals surface area contributed by atoms with Gasteiger partial charge in [0.15, 0.2) is 0 Å². The van der Waals surface area contributed by atoms with E-state index in [2.05, 4.69) is 26.1 Å². The van der Waals surface area contributed by atoms with Crippen molar-refractivity contribution in [3.8, 4) is 0 Å². The van der Waals surface area contributed by atoms with E-state index in [4.69, 9.17) is 10.5 Å². The van der Waals surface area contributed by atoms with Crippen molar-refractivity contribution in [2.45, 2.75) is 72.6 Å². The van der Waals surface area contributed by atoms with Crippen molar-refractivity contribution >= 4 is 6.09 Å². The summed E-state index contributed by atoms with van der Waals surface area (Å²) in [6, 6.07) is -0.164. The number of alkyl carbamates (subject to hydrolysis) is 1. The molecule has 17 heavy (non-hydrogen) atoms. The van der Waals surface area contributed by atoms with Crippen LogP contribution in [0.1, 0.15) is 55.4 Å². The van der Waals surface area contributed by atoms with Gasteiger partial charge in [-0.25, -0.2) is 4.79 Å². The van der Waals surface area contributed by atoms with E-state index < -0.39 is 17.2 Å². The molecule has 0 aromatic heterocycles. The molecule has 0 aliphatic rings. The fourth-order valence-electron chi connectivity index (χ4n) is 1.73. The summed E-state index contributed by atoms with van der Waals surface area (Å²) in [5.74, 6) is 0. The highest BCUT2D eigenvalue weighted by atomic mass is 16.6. The van der Waals surface area contributed by atoms with Crippen LogP contribution in [0.5, 0.6) is 0 Å². The topological polar surface area (TPSA) is 64.3 Å². The van der Waals surface area contributed by atoms with E-state index in [1.54, 1.807) is 0 Å². The second-order valence-electron chi connectivity index (χ2n) is 7.19. The molecule has 0 aromatic carbocycles. The molecular weight excluding hydrogens is 216 g/mol. The third-order valence-corrected chi connectivity index (χ3v) is 2.53. The summed E-state index contributed by atoms with van der Waals surface area (Å²) in [6.07, 6.45) is -0.429. The molecule has 0 aliphatic heterocycles. The summed E-state index contributed by atoms with van der Waals surface area (Å²) in [5.41, 5.74) is 5.08. The smallest absolute Gasteiger partial charge is 0.408 e. The maximum atomic E-state index is 11.7. The van der Waals surface area contributed by atoms with Gasteiger partial charge in [0.25, 0.3) is 0 Å². The maximum absolute atomic E-state index is 11.7. The number of rotatable bonds is 2. The lowest BCUT2D eigenvalue weighted by molar-refractivity contribution is 0.0429. The van der Waals surface area contributed by atoms with E-state index in [1.165, 1.54) is 0 Å². The number of hydrogen-bond acceptors (Lipinski definition) is 3.